The number of hydrogen-bond acceptors (Lipinski definition) is 3. The lowest BCUT2D eigenvalue weighted by Gasteiger charge is -2.23. The maximum absolute atomic E-state index is 5.05. The molecule has 0 aliphatic heterocycles. The predicted molar refractivity (Wildman–Crippen MR) is 68.8 cm³/mol. The second-order valence-electron chi connectivity index (χ2n) is 5.48. The first kappa shape index (κ1) is 13.9. The second kappa shape index (κ2) is 6.58. The highest BCUT2D eigenvalue weighted by molar-refractivity contribution is 4.96. The molecule has 1 saturated carbocycles. The van der Waals surface area contributed by atoms with Crippen LogP contribution in [0.25, 0.3) is 0 Å². The Balaban J connectivity index is 1.97. The molecular weight excluding hydrogens is 200 g/mol. The molecule has 96 valence electrons. The van der Waals surface area contributed by atoms with Gasteiger partial charge >= 0.3 is 0 Å². The van der Waals surface area contributed by atoms with Crippen LogP contribution in [0, 0.1) is 5.41 Å². The maximum Gasteiger partial charge on any atom is 0.0474 e. The lowest BCUT2D eigenvalue weighted by atomic mass is 10.0. The highest BCUT2D eigenvalue weighted by atomic mass is 16.5. The molecule has 0 heterocycles. The summed E-state index contributed by atoms with van der Waals surface area (Å²) < 4.78 is 5.05. The Morgan fingerprint density at radius 2 is 2.06 bits per heavy atom. The Kier molecular flexibility index (Phi) is 5.73. The fourth-order valence-corrected chi connectivity index (χ4v) is 1.94. The van der Waals surface area contributed by atoms with E-state index in [1.54, 1.807) is 7.11 Å². The van der Waals surface area contributed by atoms with E-state index in [-0.39, 0.29) is 0 Å². The standard InChI is InChI=1S/C13H28N2O/c1-12(13(2)6-7-13)14-8-10-15(3)9-5-11-16-4/h12,14H,5-11H2,1-4H3. The Morgan fingerprint density at radius 3 is 2.62 bits per heavy atom. The molecule has 1 atom stereocenters. The third-order valence-corrected chi connectivity index (χ3v) is 3.92. The fraction of sp³-hybridized carbons (Fsp3) is 1.00. The van der Waals surface area contributed by atoms with Crippen LogP contribution in [-0.4, -0.2) is 51.3 Å². The van der Waals surface area contributed by atoms with E-state index in [4.69, 9.17) is 4.74 Å². The van der Waals surface area contributed by atoms with Crippen molar-refractivity contribution in [2.75, 3.05) is 40.4 Å². The van der Waals surface area contributed by atoms with Crippen LogP contribution in [-0.2, 0) is 4.74 Å². The van der Waals surface area contributed by atoms with Crippen LogP contribution in [0.2, 0.25) is 0 Å². The zero-order valence-corrected chi connectivity index (χ0v) is 11.4. The topological polar surface area (TPSA) is 24.5 Å². The van der Waals surface area contributed by atoms with E-state index in [1.807, 2.05) is 0 Å². The van der Waals surface area contributed by atoms with E-state index >= 15 is 0 Å². The molecule has 0 aromatic carbocycles. The van der Waals surface area contributed by atoms with Gasteiger partial charge < -0.3 is 15.0 Å². The summed E-state index contributed by atoms with van der Waals surface area (Å²) in [6.45, 7) is 8.92. The minimum Gasteiger partial charge on any atom is -0.385 e. The zero-order valence-electron chi connectivity index (χ0n) is 11.4. The number of likely N-dealkylation sites (N-methyl/N-ethyl adjacent to an activating group) is 1. The monoisotopic (exact) mass is 228 g/mol. The normalized spacial score (nSPS) is 20.1. The molecule has 0 saturated heterocycles. The van der Waals surface area contributed by atoms with Crippen molar-refractivity contribution in [1.29, 1.82) is 0 Å². The molecule has 0 aromatic heterocycles. The molecule has 0 bridgehead atoms. The molecule has 1 rings (SSSR count). The van der Waals surface area contributed by atoms with Crippen molar-refractivity contribution in [3.8, 4) is 0 Å². The molecule has 1 aliphatic rings. The lowest BCUT2D eigenvalue weighted by molar-refractivity contribution is 0.179. The van der Waals surface area contributed by atoms with Crippen molar-refractivity contribution in [3.63, 3.8) is 0 Å². The van der Waals surface area contributed by atoms with Crippen LogP contribution in [0.5, 0.6) is 0 Å². The number of nitrogens with zero attached hydrogens (tertiary/aromatic N) is 1. The molecule has 1 unspecified atom stereocenters. The smallest absolute Gasteiger partial charge is 0.0474 e. The molecule has 16 heavy (non-hydrogen) atoms. The van der Waals surface area contributed by atoms with Gasteiger partial charge in [0.1, 0.15) is 0 Å². The summed E-state index contributed by atoms with van der Waals surface area (Å²) in [4.78, 5) is 2.37. The summed E-state index contributed by atoms with van der Waals surface area (Å²) in [7, 11) is 3.94. The summed E-state index contributed by atoms with van der Waals surface area (Å²) in [5.74, 6) is 0. The van der Waals surface area contributed by atoms with Gasteiger partial charge in [0.05, 0.1) is 0 Å². The van der Waals surface area contributed by atoms with Gasteiger partial charge in [-0.15, -0.1) is 0 Å². The number of ether oxygens (including phenoxy) is 1. The van der Waals surface area contributed by atoms with Crippen LogP contribution in [0.4, 0.5) is 0 Å². The Morgan fingerprint density at radius 1 is 1.38 bits per heavy atom. The van der Waals surface area contributed by atoms with E-state index in [0.717, 1.165) is 32.7 Å². The second-order valence-corrected chi connectivity index (χ2v) is 5.48. The van der Waals surface area contributed by atoms with E-state index in [2.05, 4.69) is 31.1 Å². The Hall–Kier alpha value is -0.120. The van der Waals surface area contributed by atoms with Crippen LogP contribution in [0.15, 0.2) is 0 Å². The highest BCUT2D eigenvalue weighted by Gasteiger charge is 2.41. The number of nitrogens with one attached hydrogen (secondary N) is 1. The average molecular weight is 228 g/mol. The van der Waals surface area contributed by atoms with Gasteiger partial charge in [-0.2, -0.15) is 0 Å². The van der Waals surface area contributed by atoms with Gasteiger partial charge in [0.15, 0.2) is 0 Å². The molecule has 1 N–H and O–H groups in total. The van der Waals surface area contributed by atoms with Gasteiger partial charge in [0, 0.05) is 39.4 Å². The van der Waals surface area contributed by atoms with Gasteiger partial charge in [-0.1, -0.05) is 6.92 Å². The van der Waals surface area contributed by atoms with Crippen LogP contribution < -0.4 is 5.32 Å². The Labute approximate surface area is 101 Å². The Bertz CT molecular complexity index is 192. The van der Waals surface area contributed by atoms with E-state index < -0.39 is 0 Å². The largest absolute Gasteiger partial charge is 0.385 e. The molecule has 3 nitrogen and oxygen atoms in total. The molecule has 0 radical (unpaired) electrons. The molecule has 0 spiro atoms. The van der Waals surface area contributed by atoms with Gasteiger partial charge in [0.2, 0.25) is 0 Å². The highest BCUT2D eigenvalue weighted by Crippen LogP contribution is 2.47. The van der Waals surface area contributed by atoms with Gasteiger partial charge in [-0.05, 0) is 38.6 Å². The fourth-order valence-electron chi connectivity index (χ4n) is 1.94. The molecule has 1 fully saturated rings. The molecule has 3 heteroatoms. The first-order valence-corrected chi connectivity index (χ1v) is 6.49. The summed E-state index contributed by atoms with van der Waals surface area (Å²) in [5, 5.41) is 3.63. The van der Waals surface area contributed by atoms with E-state index in [9.17, 15) is 0 Å². The first-order valence-electron chi connectivity index (χ1n) is 6.49. The summed E-state index contributed by atoms with van der Waals surface area (Å²) in [6, 6.07) is 0.667. The van der Waals surface area contributed by atoms with Gasteiger partial charge in [-0.25, -0.2) is 0 Å². The predicted octanol–water partition coefficient (Wildman–Crippen LogP) is 1.73. The third-order valence-electron chi connectivity index (χ3n) is 3.92. The van der Waals surface area contributed by atoms with E-state index in [1.165, 1.54) is 12.8 Å². The summed E-state index contributed by atoms with van der Waals surface area (Å²) in [5.41, 5.74) is 0.592. The number of methoxy groups -OCH3 is 1. The molecule has 0 amide bonds. The van der Waals surface area contributed by atoms with Crippen molar-refractivity contribution in [2.45, 2.75) is 39.2 Å². The minimum atomic E-state index is 0.592. The molecular formula is C13H28N2O. The van der Waals surface area contributed by atoms with Crippen molar-refractivity contribution in [3.05, 3.63) is 0 Å². The van der Waals surface area contributed by atoms with Gasteiger partial charge in [-0.3, -0.25) is 0 Å². The van der Waals surface area contributed by atoms with Crippen LogP contribution >= 0.6 is 0 Å². The van der Waals surface area contributed by atoms with Gasteiger partial charge in [0.25, 0.3) is 0 Å². The quantitative estimate of drug-likeness (QED) is 0.608. The first-order chi connectivity index (χ1) is 7.58. The van der Waals surface area contributed by atoms with Crippen molar-refractivity contribution >= 4 is 0 Å². The molecule has 1 aliphatic carbocycles. The lowest BCUT2D eigenvalue weighted by Crippen LogP contribution is -2.38. The average Bonchev–Trinajstić information content (AvgIpc) is 2.98. The maximum atomic E-state index is 5.05. The SMILES string of the molecule is COCCCN(C)CCNC(C)C1(C)CC1. The third kappa shape index (κ3) is 4.81. The minimum absolute atomic E-state index is 0.592. The summed E-state index contributed by atoms with van der Waals surface area (Å²) >= 11 is 0. The van der Waals surface area contributed by atoms with Crippen molar-refractivity contribution < 1.29 is 4.74 Å². The van der Waals surface area contributed by atoms with Crippen molar-refractivity contribution in [1.82, 2.24) is 10.2 Å². The molecule has 0 aromatic rings. The van der Waals surface area contributed by atoms with Crippen LogP contribution in [0.3, 0.4) is 0 Å². The van der Waals surface area contributed by atoms with Crippen molar-refractivity contribution in [2.24, 2.45) is 5.41 Å². The number of hydrogen-bond donors (Lipinski definition) is 1. The number of rotatable bonds is 9. The van der Waals surface area contributed by atoms with Crippen LogP contribution in [0.1, 0.15) is 33.1 Å². The van der Waals surface area contributed by atoms with E-state index in [0.29, 0.717) is 11.5 Å². The summed E-state index contributed by atoms with van der Waals surface area (Å²) in [6.07, 6.45) is 3.91. The zero-order chi connectivity index (χ0) is 12.0.